The second-order valence-electron chi connectivity index (χ2n) is 3.86. The zero-order valence-electron chi connectivity index (χ0n) is 11.8. The fourth-order valence-electron chi connectivity index (χ4n) is 1.60. The molecule has 0 heterocycles. The van der Waals surface area contributed by atoms with Crippen LogP contribution in [0, 0.1) is 0 Å². The van der Waals surface area contributed by atoms with Crippen LogP contribution in [0.3, 0.4) is 0 Å². The third-order valence-corrected chi connectivity index (χ3v) is 2.52. The molecule has 5 nitrogen and oxygen atoms in total. The van der Waals surface area contributed by atoms with Crippen molar-refractivity contribution < 1.29 is 19.8 Å². The van der Waals surface area contributed by atoms with Crippen LogP contribution >= 0.6 is 0 Å². The molecule has 110 valence electrons. The number of amides is 1. The number of benzene rings is 2. The Hall–Kier alpha value is -2.82. The molecule has 21 heavy (non-hydrogen) atoms. The SMILES string of the molecule is CC.O=C(Nc1ccc(O)cc1C(=O)O)c1ccccc1. The van der Waals surface area contributed by atoms with E-state index in [1.807, 2.05) is 13.8 Å². The van der Waals surface area contributed by atoms with Gasteiger partial charge in [-0.05, 0) is 30.3 Å². The lowest BCUT2D eigenvalue weighted by Crippen LogP contribution is -2.14. The van der Waals surface area contributed by atoms with E-state index in [1.165, 1.54) is 12.1 Å². The second-order valence-corrected chi connectivity index (χ2v) is 3.86. The summed E-state index contributed by atoms with van der Waals surface area (Å²) in [6.07, 6.45) is 0. The number of carbonyl (C=O) groups excluding carboxylic acids is 1. The number of anilines is 1. The number of nitrogens with one attached hydrogen (secondary N) is 1. The molecule has 0 spiro atoms. The predicted molar refractivity (Wildman–Crippen MR) is 80.8 cm³/mol. The number of phenolic OH excluding ortho intramolecular Hbond substituents is 1. The zero-order chi connectivity index (χ0) is 15.8. The minimum absolute atomic E-state index is 0.138. The Morgan fingerprint density at radius 2 is 1.62 bits per heavy atom. The molecule has 0 aliphatic carbocycles. The van der Waals surface area contributed by atoms with Gasteiger partial charge < -0.3 is 15.5 Å². The van der Waals surface area contributed by atoms with Crippen LogP contribution in [0.5, 0.6) is 5.75 Å². The van der Waals surface area contributed by atoms with Crippen molar-refractivity contribution in [2.45, 2.75) is 13.8 Å². The molecule has 0 saturated heterocycles. The summed E-state index contributed by atoms with van der Waals surface area (Å²) < 4.78 is 0. The van der Waals surface area contributed by atoms with Gasteiger partial charge in [0.15, 0.2) is 0 Å². The predicted octanol–water partition coefficient (Wildman–Crippen LogP) is 3.37. The van der Waals surface area contributed by atoms with Crippen molar-refractivity contribution >= 4 is 17.6 Å². The normalized spacial score (nSPS) is 9.24. The van der Waals surface area contributed by atoms with Crippen molar-refractivity contribution in [2.24, 2.45) is 0 Å². The molecule has 0 saturated carbocycles. The number of phenols is 1. The first-order valence-corrected chi connectivity index (χ1v) is 6.50. The minimum atomic E-state index is -1.22. The fourth-order valence-corrected chi connectivity index (χ4v) is 1.60. The van der Waals surface area contributed by atoms with E-state index in [9.17, 15) is 14.7 Å². The molecule has 3 N–H and O–H groups in total. The fraction of sp³-hybridized carbons (Fsp3) is 0.125. The number of aromatic hydroxyl groups is 1. The van der Waals surface area contributed by atoms with Crippen LogP contribution < -0.4 is 5.32 Å². The number of rotatable bonds is 3. The molecule has 0 aliphatic heterocycles. The average molecular weight is 287 g/mol. The van der Waals surface area contributed by atoms with E-state index < -0.39 is 11.9 Å². The molecule has 2 aromatic rings. The summed E-state index contributed by atoms with van der Waals surface area (Å²) in [6.45, 7) is 4.00. The van der Waals surface area contributed by atoms with Gasteiger partial charge in [-0.2, -0.15) is 0 Å². The van der Waals surface area contributed by atoms with E-state index in [4.69, 9.17) is 5.11 Å². The van der Waals surface area contributed by atoms with Crippen LogP contribution in [-0.4, -0.2) is 22.1 Å². The Balaban J connectivity index is 0.00000106. The second kappa shape index (κ2) is 7.69. The maximum atomic E-state index is 11.9. The van der Waals surface area contributed by atoms with Crippen molar-refractivity contribution in [2.75, 3.05) is 5.32 Å². The monoisotopic (exact) mass is 287 g/mol. The largest absolute Gasteiger partial charge is 0.508 e. The topological polar surface area (TPSA) is 86.6 Å². The van der Waals surface area contributed by atoms with E-state index in [0.29, 0.717) is 5.56 Å². The Kier molecular flexibility index (Phi) is 5.95. The lowest BCUT2D eigenvalue weighted by atomic mass is 10.1. The molecule has 0 radical (unpaired) electrons. The molecule has 0 aliphatic rings. The van der Waals surface area contributed by atoms with Gasteiger partial charge >= 0.3 is 5.97 Å². The van der Waals surface area contributed by atoms with E-state index in [2.05, 4.69) is 5.32 Å². The number of aromatic carboxylic acids is 1. The molecule has 2 rings (SSSR count). The quantitative estimate of drug-likeness (QED) is 0.755. The van der Waals surface area contributed by atoms with Crippen LogP contribution in [0.15, 0.2) is 48.5 Å². The van der Waals surface area contributed by atoms with Gasteiger partial charge in [-0.15, -0.1) is 0 Å². The summed E-state index contributed by atoms with van der Waals surface area (Å²) in [6, 6.07) is 12.2. The van der Waals surface area contributed by atoms with Crippen molar-refractivity contribution in [3.63, 3.8) is 0 Å². The molecule has 0 unspecified atom stereocenters. The number of hydrogen-bond acceptors (Lipinski definition) is 3. The molecule has 2 aromatic carbocycles. The van der Waals surface area contributed by atoms with Crippen molar-refractivity contribution in [3.8, 4) is 5.75 Å². The third kappa shape index (κ3) is 4.35. The molecule has 0 fully saturated rings. The summed E-state index contributed by atoms with van der Waals surface area (Å²) in [4.78, 5) is 22.9. The minimum Gasteiger partial charge on any atom is -0.508 e. The van der Waals surface area contributed by atoms with Gasteiger partial charge in [0.1, 0.15) is 5.75 Å². The smallest absolute Gasteiger partial charge is 0.337 e. The molecule has 0 bridgehead atoms. The molecule has 0 aromatic heterocycles. The number of carboxylic acid groups (broad SMARTS) is 1. The number of carbonyl (C=O) groups is 2. The van der Waals surface area contributed by atoms with E-state index >= 15 is 0 Å². The molecule has 5 heteroatoms. The van der Waals surface area contributed by atoms with Crippen molar-refractivity contribution in [1.29, 1.82) is 0 Å². The maximum Gasteiger partial charge on any atom is 0.337 e. The summed E-state index contributed by atoms with van der Waals surface area (Å²) in [5.41, 5.74) is 0.398. The van der Waals surface area contributed by atoms with Gasteiger partial charge in [0.05, 0.1) is 11.3 Å². The average Bonchev–Trinajstić information content (AvgIpc) is 2.51. The summed E-state index contributed by atoms with van der Waals surface area (Å²) in [5.74, 6) is -1.80. The van der Waals surface area contributed by atoms with Crippen LogP contribution in [0.4, 0.5) is 5.69 Å². The lowest BCUT2D eigenvalue weighted by Gasteiger charge is -2.08. The first-order valence-electron chi connectivity index (χ1n) is 6.50. The molecular formula is C16H17NO4. The molecule has 1 amide bonds. The van der Waals surface area contributed by atoms with Crippen LogP contribution in [0.1, 0.15) is 34.6 Å². The summed E-state index contributed by atoms with van der Waals surface area (Å²) in [5, 5.41) is 20.8. The van der Waals surface area contributed by atoms with E-state index in [0.717, 1.165) is 6.07 Å². The van der Waals surface area contributed by atoms with Crippen molar-refractivity contribution in [3.05, 3.63) is 59.7 Å². The van der Waals surface area contributed by atoms with Crippen LogP contribution in [0.25, 0.3) is 0 Å². The van der Waals surface area contributed by atoms with Gasteiger partial charge in [0.2, 0.25) is 0 Å². The van der Waals surface area contributed by atoms with Gasteiger partial charge in [0, 0.05) is 5.56 Å². The van der Waals surface area contributed by atoms with Crippen LogP contribution in [0.2, 0.25) is 0 Å². The van der Waals surface area contributed by atoms with Gasteiger partial charge in [-0.25, -0.2) is 4.79 Å². The highest BCUT2D eigenvalue weighted by Gasteiger charge is 2.14. The van der Waals surface area contributed by atoms with E-state index in [-0.39, 0.29) is 17.0 Å². The van der Waals surface area contributed by atoms with Gasteiger partial charge in [0.25, 0.3) is 5.91 Å². The van der Waals surface area contributed by atoms with Crippen LogP contribution in [-0.2, 0) is 0 Å². The summed E-state index contributed by atoms with van der Waals surface area (Å²) >= 11 is 0. The maximum absolute atomic E-state index is 11.9. The highest BCUT2D eigenvalue weighted by atomic mass is 16.4. The third-order valence-electron chi connectivity index (χ3n) is 2.52. The number of hydrogen-bond donors (Lipinski definition) is 3. The number of carboxylic acids is 1. The first-order chi connectivity index (χ1) is 10.1. The lowest BCUT2D eigenvalue weighted by molar-refractivity contribution is 0.0697. The molecular weight excluding hydrogens is 270 g/mol. The Morgan fingerprint density at radius 3 is 2.19 bits per heavy atom. The standard InChI is InChI=1S/C14H11NO4.C2H6/c16-10-6-7-12(11(8-10)14(18)19)15-13(17)9-4-2-1-3-5-9;1-2/h1-8,16H,(H,15,17)(H,18,19);1-2H3. The molecule has 0 atom stereocenters. The Morgan fingerprint density at radius 1 is 1.00 bits per heavy atom. The van der Waals surface area contributed by atoms with E-state index in [1.54, 1.807) is 30.3 Å². The van der Waals surface area contributed by atoms with Crippen molar-refractivity contribution in [1.82, 2.24) is 0 Å². The Bertz CT molecular complexity index is 623. The highest BCUT2D eigenvalue weighted by molar-refractivity contribution is 6.07. The zero-order valence-corrected chi connectivity index (χ0v) is 11.8. The summed E-state index contributed by atoms with van der Waals surface area (Å²) in [7, 11) is 0. The van der Waals surface area contributed by atoms with Gasteiger partial charge in [-0.3, -0.25) is 4.79 Å². The van der Waals surface area contributed by atoms with Gasteiger partial charge in [-0.1, -0.05) is 32.0 Å². The first kappa shape index (κ1) is 16.2. The highest BCUT2D eigenvalue weighted by Crippen LogP contribution is 2.21. The Labute approximate surface area is 122 Å².